The first-order chi connectivity index (χ1) is 13.7. The van der Waals surface area contributed by atoms with E-state index in [0.717, 1.165) is 0 Å². The summed E-state index contributed by atoms with van der Waals surface area (Å²) in [6.45, 7) is -0.421. The molecule has 0 N–H and O–H groups in total. The molecule has 4 saturated carbocycles. The molecule has 0 radical (unpaired) electrons. The van der Waals surface area contributed by atoms with Crippen LogP contribution in [0.25, 0.3) is 0 Å². The summed E-state index contributed by atoms with van der Waals surface area (Å²) in [4.78, 5) is 0. The van der Waals surface area contributed by atoms with Crippen molar-refractivity contribution in [2.24, 2.45) is 0 Å². The summed E-state index contributed by atoms with van der Waals surface area (Å²) in [6.07, 6.45) is -4.82. The number of halogens is 13. The van der Waals surface area contributed by atoms with Crippen LogP contribution in [0, 0.1) is 0 Å². The summed E-state index contributed by atoms with van der Waals surface area (Å²) in [6, 6.07) is 0. The van der Waals surface area contributed by atoms with Gasteiger partial charge in [-0.25, -0.2) is 57.1 Å². The van der Waals surface area contributed by atoms with Crippen LogP contribution >= 0.6 is 0 Å². The van der Waals surface area contributed by atoms with E-state index in [1.165, 1.54) is 0 Å². The molecule has 0 aromatic rings. The fourth-order valence-corrected chi connectivity index (χ4v) is 6.69. The van der Waals surface area contributed by atoms with E-state index >= 15 is 43.9 Å². The molecule has 4 aliphatic carbocycles. The first-order valence-corrected chi connectivity index (χ1v) is 9.56. The summed E-state index contributed by atoms with van der Waals surface area (Å²) in [5, 5.41) is 0. The van der Waals surface area contributed by atoms with E-state index in [1.54, 1.807) is 0 Å². The molecule has 32 heavy (non-hydrogen) atoms. The van der Waals surface area contributed by atoms with E-state index in [2.05, 4.69) is 0 Å². The first kappa shape index (κ1) is 24.2. The molecular weight excluding hydrogens is 475 g/mol. The molecular formula is C19H19F13. The van der Waals surface area contributed by atoms with Crippen molar-refractivity contribution < 1.29 is 57.1 Å². The second kappa shape index (κ2) is 4.64. The van der Waals surface area contributed by atoms with Gasteiger partial charge in [-0.2, -0.15) is 0 Å². The fraction of sp³-hybridized carbons (Fsp3) is 1.00. The van der Waals surface area contributed by atoms with Crippen LogP contribution in [0.5, 0.6) is 0 Å². The topological polar surface area (TPSA) is 0 Å². The van der Waals surface area contributed by atoms with Crippen molar-refractivity contribution in [1.29, 1.82) is 0 Å². The SMILES string of the molecule is CC(C)(F)C(C)(F)C(F)C1(F)C(F)(C(C)(C)F)C2(F)C3(F)C4(F)C(C)(F)C4(F)C1(F)C23F. The highest BCUT2D eigenvalue weighted by Gasteiger charge is 3.36. The van der Waals surface area contributed by atoms with Gasteiger partial charge in [0.1, 0.15) is 11.3 Å². The zero-order chi connectivity index (χ0) is 25.6. The number of rotatable bonds is 4. The molecule has 0 nitrogen and oxygen atoms in total. The third-order valence-corrected chi connectivity index (χ3v) is 8.78. The third-order valence-electron chi connectivity index (χ3n) is 8.78. The van der Waals surface area contributed by atoms with Gasteiger partial charge in [0.15, 0.2) is 17.5 Å². The summed E-state index contributed by atoms with van der Waals surface area (Å²) in [5.74, 6) is 0. The molecule has 11 unspecified atom stereocenters. The van der Waals surface area contributed by atoms with Crippen molar-refractivity contribution in [3.05, 3.63) is 0 Å². The summed E-state index contributed by atoms with van der Waals surface area (Å²) >= 11 is 0. The van der Waals surface area contributed by atoms with Gasteiger partial charge in [0.25, 0.3) is 0 Å². The van der Waals surface area contributed by atoms with E-state index in [1.807, 2.05) is 0 Å². The van der Waals surface area contributed by atoms with Gasteiger partial charge < -0.3 is 0 Å². The Bertz CT molecular complexity index is 938. The van der Waals surface area contributed by atoms with Gasteiger partial charge >= 0.3 is 0 Å². The molecule has 0 aromatic heterocycles. The van der Waals surface area contributed by atoms with Crippen molar-refractivity contribution in [3.63, 3.8) is 0 Å². The molecule has 0 heterocycles. The minimum Gasteiger partial charge on any atom is -0.241 e. The number of alkyl halides is 13. The van der Waals surface area contributed by atoms with Gasteiger partial charge in [-0.15, -0.1) is 0 Å². The maximum absolute atomic E-state index is 16.3. The normalized spacial score (nSPS) is 63.5. The van der Waals surface area contributed by atoms with Crippen LogP contribution in [0.15, 0.2) is 0 Å². The van der Waals surface area contributed by atoms with Crippen LogP contribution in [0.1, 0.15) is 41.5 Å². The lowest BCUT2D eigenvalue weighted by Gasteiger charge is -2.52. The first-order valence-electron chi connectivity index (χ1n) is 9.56. The van der Waals surface area contributed by atoms with E-state index in [4.69, 9.17) is 0 Å². The molecule has 0 aliphatic heterocycles. The highest BCUT2D eigenvalue weighted by Crippen LogP contribution is 3.04. The number of fused-ring (bicyclic) bond motifs is 4. The Morgan fingerprint density at radius 3 is 1.25 bits per heavy atom. The lowest BCUT2D eigenvalue weighted by Crippen LogP contribution is -2.79. The van der Waals surface area contributed by atoms with Crippen LogP contribution in [-0.2, 0) is 0 Å². The van der Waals surface area contributed by atoms with Crippen LogP contribution in [0.3, 0.4) is 0 Å². The molecule has 186 valence electrons. The summed E-state index contributed by atoms with van der Waals surface area (Å²) in [5.41, 5.74) is -62.8. The molecule has 0 spiro atoms. The van der Waals surface area contributed by atoms with Gasteiger partial charge in [0.2, 0.25) is 45.4 Å². The smallest absolute Gasteiger partial charge is 0.232 e. The number of hydrogen-bond donors (Lipinski definition) is 0. The minimum atomic E-state index is -6.13. The highest BCUT2D eigenvalue weighted by atomic mass is 19.2. The second-order valence-electron chi connectivity index (χ2n) is 10.7. The fourth-order valence-electron chi connectivity index (χ4n) is 6.69. The Kier molecular flexibility index (Phi) is 3.51. The Balaban J connectivity index is 2.17. The van der Waals surface area contributed by atoms with Crippen molar-refractivity contribution >= 4 is 0 Å². The van der Waals surface area contributed by atoms with E-state index in [-0.39, 0.29) is 41.5 Å². The molecule has 0 amide bonds. The molecule has 0 aromatic carbocycles. The molecule has 11 atom stereocenters. The van der Waals surface area contributed by atoms with Gasteiger partial charge in [-0.05, 0) is 41.5 Å². The van der Waals surface area contributed by atoms with Crippen molar-refractivity contribution in [3.8, 4) is 0 Å². The lowest BCUT2D eigenvalue weighted by molar-refractivity contribution is -0.269. The monoisotopic (exact) mass is 494 g/mol. The Labute approximate surface area is 173 Å². The van der Waals surface area contributed by atoms with Crippen molar-refractivity contribution in [2.45, 2.75) is 116 Å². The van der Waals surface area contributed by atoms with Crippen LogP contribution in [-0.4, -0.2) is 74.2 Å². The van der Waals surface area contributed by atoms with E-state index < -0.39 is 74.2 Å². The maximum atomic E-state index is 16.3. The van der Waals surface area contributed by atoms with Gasteiger partial charge in [-0.3, -0.25) is 0 Å². The molecule has 13 heteroatoms. The molecule has 4 aliphatic rings. The van der Waals surface area contributed by atoms with E-state index in [9.17, 15) is 13.2 Å². The minimum absolute atomic E-state index is 0.169. The van der Waals surface area contributed by atoms with Gasteiger partial charge in [0, 0.05) is 0 Å². The van der Waals surface area contributed by atoms with Crippen molar-refractivity contribution in [2.75, 3.05) is 0 Å². The lowest BCUT2D eigenvalue weighted by atomic mass is 9.61. The summed E-state index contributed by atoms with van der Waals surface area (Å²) < 4.78 is 200. The van der Waals surface area contributed by atoms with Gasteiger partial charge in [-0.1, -0.05) is 0 Å². The second-order valence-corrected chi connectivity index (χ2v) is 10.7. The summed E-state index contributed by atoms with van der Waals surface area (Å²) in [7, 11) is 0. The van der Waals surface area contributed by atoms with Crippen LogP contribution in [0.4, 0.5) is 57.1 Å². The van der Waals surface area contributed by atoms with Crippen LogP contribution < -0.4 is 0 Å². The van der Waals surface area contributed by atoms with E-state index in [0.29, 0.717) is 0 Å². The maximum Gasteiger partial charge on any atom is 0.232 e. The Hall–Kier alpha value is -0.910. The Morgan fingerprint density at radius 2 is 0.906 bits per heavy atom. The quantitative estimate of drug-likeness (QED) is 0.421. The third kappa shape index (κ3) is 1.30. The predicted octanol–water partition coefficient (Wildman–Crippen LogP) is 6.00. The average Bonchev–Trinajstić information content (AvgIpc) is 3.17. The van der Waals surface area contributed by atoms with Gasteiger partial charge in [0.05, 0.1) is 0 Å². The zero-order valence-electron chi connectivity index (χ0n) is 17.5. The van der Waals surface area contributed by atoms with Crippen LogP contribution in [0.2, 0.25) is 0 Å². The Morgan fingerprint density at radius 1 is 0.562 bits per heavy atom. The largest absolute Gasteiger partial charge is 0.241 e. The predicted molar refractivity (Wildman–Crippen MR) is 85.0 cm³/mol. The average molecular weight is 494 g/mol. The van der Waals surface area contributed by atoms with Crippen molar-refractivity contribution in [1.82, 2.24) is 0 Å². The zero-order valence-corrected chi connectivity index (χ0v) is 17.5. The molecule has 4 fully saturated rings. The standard InChI is InChI=1S/C19H19F13/c1-8(2,21)10(5,23)7(20)12(25)13(26,9(3,4)22)17(30)18(31)15(28)11(6,24)14(15,27)16(12,29)19(17,18)32/h7H,1-6H3. The molecule has 4 rings (SSSR count). The molecule has 0 bridgehead atoms. The molecule has 0 saturated heterocycles. The number of hydrogen-bond acceptors (Lipinski definition) is 0. The highest BCUT2D eigenvalue weighted by molar-refractivity contribution is 5.80.